The summed E-state index contributed by atoms with van der Waals surface area (Å²) >= 11 is 16.6. The predicted molar refractivity (Wildman–Crippen MR) is 74.3 cm³/mol. The predicted octanol–water partition coefficient (Wildman–Crippen LogP) is 4.64. The average molecular weight is 351 g/mol. The van der Waals surface area contributed by atoms with Crippen molar-refractivity contribution in [3.8, 4) is 0 Å². The minimum Gasteiger partial charge on any atom is -0.292 e. The summed E-state index contributed by atoms with van der Waals surface area (Å²) in [6.45, 7) is 0. The fourth-order valence-electron chi connectivity index (χ4n) is 1.30. The van der Waals surface area contributed by atoms with Crippen LogP contribution in [-0.4, -0.2) is 10.8 Å². The molecule has 0 aromatic carbocycles. The fourth-order valence-corrected chi connectivity index (χ4v) is 3.28. The van der Waals surface area contributed by atoms with Crippen molar-refractivity contribution in [2.75, 3.05) is 0 Å². The van der Waals surface area contributed by atoms with Crippen LogP contribution in [0.2, 0.25) is 10.0 Å². The molecule has 2 heterocycles. The van der Waals surface area contributed by atoms with E-state index in [1.54, 1.807) is 0 Å². The number of carbonyl (C=O) groups is 1. The maximum Gasteiger partial charge on any atom is 0.187 e. The molecule has 0 fully saturated rings. The maximum absolute atomic E-state index is 12.0. The van der Waals surface area contributed by atoms with Crippen molar-refractivity contribution < 1.29 is 4.79 Å². The van der Waals surface area contributed by atoms with E-state index in [1.165, 1.54) is 23.6 Å². The Labute approximate surface area is 121 Å². The largest absolute Gasteiger partial charge is 0.292 e. The number of ketones is 1. The van der Waals surface area contributed by atoms with Crippen LogP contribution in [0.25, 0.3) is 0 Å². The third-order valence-electron chi connectivity index (χ3n) is 2.08. The second-order valence-electron chi connectivity index (χ2n) is 3.28. The smallest absolute Gasteiger partial charge is 0.187 e. The van der Waals surface area contributed by atoms with Gasteiger partial charge in [-0.25, -0.2) is 4.98 Å². The Balaban J connectivity index is 2.23. The average Bonchev–Trinajstić information content (AvgIpc) is 2.64. The summed E-state index contributed by atoms with van der Waals surface area (Å²) < 4.78 is 0.931. The highest BCUT2D eigenvalue weighted by molar-refractivity contribution is 9.10. The zero-order chi connectivity index (χ0) is 12.4. The highest BCUT2D eigenvalue weighted by Crippen LogP contribution is 2.26. The molecular formula is C11H6BrCl2NOS. The molecule has 2 aromatic heterocycles. The Morgan fingerprint density at radius 3 is 2.82 bits per heavy atom. The number of rotatable bonds is 3. The van der Waals surface area contributed by atoms with Gasteiger partial charge in [-0.05, 0) is 33.4 Å². The van der Waals surface area contributed by atoms with Gasteiger partial charge in [0.2, 0.25) is 0 Å². The third kappa shape index (κ3) is 3.07. The van der Waals surface area contributed by atoms with E-state index in [-0.39, 0.29) is 22.9 Å². The van der Waals surface area contributed by atoms with Gasteiger partial charge in [0.25, 0.3) is 0 Å². The molecule has 6 heteroatoms. The van der Waals surface area contributed by atoms with Gasteiger partial charge in [0.15, 0.2) is 5.78 Å². The summed E-state index contributed by atoms with van der Waals surface area (Å²) in [5.41, 5.74) is 0.261. The molecule has 88 valence electrons. The maximum atomic E-state index is 12.0. The van der Waals surface area contributed by atoms with Crippen LogP contribution < -0.4 is 0 Å². The second kappa shape index (κ2) is 5.48. The first-order valence-electron chi connectivity index (χ1n) is 4.64. The lowest BCUT2D eigenvalue weighted by Gasteiger charge is -2.02. The molecule has 0 aliphatic carbocycles. The van der Waals surface area contributed by atoms with Crippen LogP contribution in [0.4, 0.5) is 0 Å². The normalized spacial score (nSPS) is 10.5. The van der Waals surface area contributed by atoms with Crippen LogP contribution in [0, 0.1) is 0 Å². The van der Waals surface area contributed by atoms with Gasteiger partial charge in [-0.15, -0.1) is 11.3 Å². The van der Waals surface area contributed by atoms with Gasteiger partial charge in [-0.2, -0.15) is 0 Å². The van der Waals surface area contributed by atoms with Gasteiger partial charge in [0.05, 0.1) is 10.0 Å². The Bertz CT molecular complexity index is 570. The molecule has 0 unspecified atom stereocenters. The molecule has 2 aromatic rings. The molecule has 17 heavy (non-hydrogen) atoms. The lowest BCUT2D eigenvalue weighted by Crippen LogP contribution is -2.06. The van der Waals surface area contributed by atoms with Crippen molar-refractivity contribution in [3.63, 3.8) is 0 Å². The highest BCUT2D eigenvalue weighted by atomic mass is 79.9. The molecule has 0 bridgehead atoms. The lowest BCUT2D eigenvalue weighted by molar-refractivity contribution is 0.0989. The van der Waals surface area contributed by atoms with Crippen molar-refractivity contribution in [3.05, 3.63) is 48.8 Å². The fraction of sp³-hybridized carbons (Fsp3) is 0.0909. The van der Waals surface area contributed by atoms with Crippen LogP contribution in [0.15, 0.2) is 28.2 Å². The molecule has 2 rings (SSSR count). The first kappa shape index (κ1) is 13.0. The number of Topliss-reactive ketones (excluding diaryl/α,β-unsaturated/α-hetero) is 1. The molecule has 0 aliphatic heterocycles. The van der Waals surface area contributed by atoms with E-state index in [0.29, 0.717) is 5.02 Å². The Kier molecular flexibility index (Phi) is 4.20. The van der Waals surface area contributed by atoms with Crippen molar-refractivity contribution in [2.24, 2.45) is 0 Å². The number of carbonyl (C=O) groups excluding carboxylic acids is 1. The summed E-state index contributed by atoms with van der Waals surface area (Å²) in [7, 11) is 0. The number of halogens is 3. The monoisotopic (exact) mass is 349 g/mol. The number of thiophene rings is 1. The molecule has 0 aliphatic rings. The van der Waals surface area contributed by atoms with Gasteiger partial charge < -0.3 is 0 Å². The molecule has 0 spiro atoms. The molecule has 0 saturated heterocycles. The van der Waals surface area contributed by atoms with E-state index in [4.69, 9.17) is 23.2 Å². The number of hydrogen-bond donors (Lipinski definition) is 0. The van der Waals surface area contributed by atoms with Gasteiger partial charge in [0, 0.05) is 22.0 Å². The lowest BCUT2D eigenvalue weighted by atomic mass is 10.2. The van der Waals surface area contributed by atoms with Gasteiger partial charge in [-0.3, -0.25) is 4.79 Å². The summed E-state index contributed by atoms with van der Waals surface area (Å²) in [6.07, 6.45) is 1.71. The van der Waals surface area contributed by atoms with E-state index in [9.17, 15) is 4.79 Å². The number of aromatic nitrogens is 1. The van der Waals surface area contributed by atoms with E-state index >= 15 is 0 Å². The number of hydrogen-bond acceptors (Lipinski definition) is 3. The minimum absolute atomic E-state index is 0.116. The van der Waals surface area contributed by atoms with Crippen LogP contribution >= 0.6 is 50.5 Å². The van der Waals surface area contributed by atoms with Crippen molar-refractivity contribution >= 4 is 56.3 Å². The summed E-state index contributed by atoms with van der Waals surface area (Å²) in [4.78, 5) is 16.9. The van der Waals surface area contributed by atoms with Crippen molar-refractivity contribution in [2.45, 2.75) is 6.42 Å². The van der Waals surface area contributed by atoms with Crippen LogP contribution in [0.3, 0.4) is 0 Å². The topological polar surface area (TPSA) is 30.0 Å². The van der Waals surface area contributed by atoms with Crippen molar-refractivity contribution in [1.29, 1.82) is 0 Å². The number of pyridine rings is 1. The zero-order valence-electron chi connectivity index (χ0n) is 8.41. The van der Waals surface area contributed by atoms with Gasteiger partial charge in [0.1, 0.15) is 5.69 Å². The molecule has 0 radical (unpaired) electrons. The molecule has 0 atom stereocenters. The third-order valence-corrected chi connectivity index (χ3v) is 4.51. The van der Waals surface area contributed by atoms with Gasteiger partial charge in [-0.1, -0.05) is 23.2 Å². The van der Waals surface area contributed by atoms with E-state index in [2.05, 4.69) is 20.9 Å². The number of nitrogens with zero attached hydrogens (tertiary/aromatic N) is 1. The summed E-state index contributed by atoms with van der Waals surface area (Å²) in [6, 6.07) is 3.43. The molecule has 0 amide bonds. The summed E-state index contributed by atoms with van der Waals surface area (Å²) in [5.74, 6) is -0.116. The van der Waals surface area contributed by atoms with Crippen LogP contribution in [0.1, 0.15) is 15.4 Å². The highest BCUT2D eigenvalue weighted by Gasteiger charge is 2.15. The second-order valence-corrected chi connectivity index (χ2v) is 5.97. The Morgan fingerprint density at radius 2 is 2.24 bits per heavy atom. The quantitative estimate of drug-likeness (QED) is 0.755. The Hall–Kier alpha value is -0.420. The summed E-state index contributed by atoms with van der Waals surface area (Å²) in [5, 5.41) is 2.63. The molecule has 0 saturated carbocycles. The van der Waals surface area contributed by atoms with Crippen LogP contribution in [-0.2, 0) is 6.42 Å². The molecular weight excluding hydrogens is 345 g/mol. The standard InChI is InChI=1S/C11H6BrCl2NOS/c12-7-1-2-17-10(7)4-9(16)11-8(14)3-6(13)5-15-11/h1-3,5H,4H2. The van der Waals surface area contributed by atoms with E-state index in [1.807, 2.05) is 11.4 Å². The Morgan fingerprint density at radius 1 is 1.47 bits per heavy atom. The first-order chi connectivity index (χ1) is 8.08. The van der Waals surface area contributed by atoms with Crippen molar-refractivity contribution in [1.82, 2.24) is 4.98 Å². The molecule has 0 N–H and O–H groups in total. The van der Waals surface area contributed by atoms with E-state index in [0.717, 1.165) is 9.35 Å². The van der Waals surface area contributed by atoms with E-state index < -0.39 is 0 Å². The van der Waals surface area contributed by atoms with Gasteiger partial charge >= 0.3 is 0 Å². The first-order valence-corrected chi connectivity index (χ1v) is 7.07. The van der Waals surface area contributed by atoms with Crippen LogP contribution in [0.5, 0.6) is 0 Å². The zero-order valence-corrected chi connectivity index (χ0v) is 12.3. The SMILES string of the molecule is O=C(Cc1sccc1Br)c1ncc(Cl)cc1Cl. The molecule has 2 nitrogen and oxygen atoms in total. The minimum atomic E-state index is -0.116.